The number of aromatic amines is 1. The fourth-order valence-electron chi connectivity index (χ4n) is 3.08. The molecule has 0 aliphatic carbocycles. The number of fused-ring (bicyclic) bond motifs is 1. The van der Waals surface area contributed by atoms with E-state index in [1.807, 2.05) is 6.92 Å². The Balaban J connectivity index is 2.13. The number of rotatable bonds is 10. The zero-order valence-electron chi connectivity index (χ0n) is 17.1. The SMILES string of the molecule is CCCCOc1ncc(CO)cc1-c1nc2c(CC)n(CCOC)nc2c(=O)[nH]1. The number of methoxy groups -OCH3 is 1. The van der Waals surface area contributed by atoms with Crippen LogP contribution in [0.2, 0.25) is 0 Å². The van der Waals surface area contributed by atoms with Crippen LogP contribution in [-0.4, -0.2) is 50.2 Å². The van der Waals surface area contributed by atoms with Crippen LogP contribution >= 0.6 is 0 Å². The molecule has 0 bridgehead atoms. The molecule has 3 rings (SSSR count). The van der Waals surface area contributed by atoms with Crippen LogP contribution in [0.4, 0.5) is 0 Å². The van der Waals surface area contributed by atoms with Gasteiger partial charge in [0.25, 0.3) is 5.56 Å². The number of aliphatic hydroxyl groups is 1. The number of nitrogens with zero attached hydrogens (tertiary/aromatic N) is 4. The van der Waals surface area contributed by atoms with E-state index in [0.717, 1.165) is 18.5 Å². The summed E-state index contributed by atoms with van der Waals surface area (Å²) >= 11 is 0. The Morgan fingerprint density at radius 2 is 2.07 bits per heavy atom. The van der Waals surface area contributed by atoms with Gasteiger partial charge in [0.05, 0.1) is 37.6 Å². The van der Waals surface area contributed by atoms with Crippen molar-refractivity contribution in [1.29, 1.82) is 0 Å². The smallest absolute Gasteiger partial charge is 0.279 e. The van der Waals surface area contributed by atoms with E-state index in [4.69, 9.17) is 9.47 Å². The highest BCUT2D eigenvalue weighted by Gasteiger charge is 2.19. The molecule has 0 saturated carbocycles. The lowest BCUT2D eigenvalue weighted by Gasteiger charge is -2.11. The van der Waals surface area contributed by atoms with Gasteiger partial charge in [0.1, 0.15) is 11.3 Å². The third-order valence-corrected chi connectivity index (χ3v) is 4.62. The van der Waals surface area contributed by atoms with E-state index in [0.29, 0.717) is 60.0 Å². The fourth-order valence-corrected chi connectivity index (χ4v) is 3.08. The van der Waals surface area contributed by atoms with Gasteiger partial charge in [-0.3, -0.25) is 9.48 Å². The van der Waals surface area contributed by atoms with Crippen LogP contribution in [0, 0.1) is 0 Å². The molecule has 0 aromatic carbocycles. The van der Waals surface area contributed by atoms with Gasteiger partial charge in [0, 0.05) is 13.3 Å². The Kier molecular flexibility index (Phi) is 6.95. The summed E-state index contributed by atoms with van der Waals surface area (Å²) in [5, 5.41) is 13.9. The maximum atomic E-state index is 12.7. The second-order valence-electron chi connectivity index (χ2n) is 6.68. The molecule has 156 valence electrons. The van der Waals surface area contributed by atoms with E-state index in [2.05, 4.69) is 27.0 Å². The Labute approximate surface area is 168 Å². The molecule has 0 fully saturated rings. The minimum absolute atomic E-state index is 0.170. The lowest BCUT2D eigenvalue weighted by Crippen LogP contribution is -2.11. The summed E-state index contributed by atoms with van der Waals surface area (Å²) in [4.78, 5) is 24.5. The number of H-pyrrole nitrogens is 1. The Bertz CT molecular complexity index is 1030. The summed E-state index contributed by atoms with van der Waals surface area (Å²) < 4.78 is 12.7. The molecule has 3 heterocycles. The second-order valence-corrected chi connectivity index (χ2v) is 6.68. The van der Waals surface area contributed by atoms with E-state index >= 15 is 0 Å². The molecule has 9 nitrogen and oxygen atoms in total. The molecule has 0 aliphatic rings. The molecule has 0 amide bonds. The molecular weight excluding hydrogens is 374 g/mol. The third kappa shape index (κ3) is 4.46. The van der Waals surface area contributed by atoms with Crippen LogP contribution in [0.5, 0.6) is 5.88 Å². The van der Waals surface area contributed by atoms with E-state index in [-0.39, 0.29) is 12.2 Å². The average Bonchev–Trinajstić information content (AvgIpc) is 3.10. The number of aliphatic hydroxyl groups excluding tert-OH is 1. The van der Waals surface area contributed by atoms with Gasteiger partial charge in [-0.1, -0.05) is 20.3 Å². The summed E-state index contributed by atoms with van der Waals surface area (Å²) in [5.41, 5.74) is 2.53. The largest absolute Gasteiger partial charge is 0.477 e. The van der Waals surface area contributed by atoms with Crippen LogP contribution in [0.15, 0.2) is 17.1 Å². The normalized spacial score (nSPS) is 11.3. The molecule has 3 aromatic heterocycles. The highest BCUT2D eigenvalue weighted by Crippen LogP contribution is 2.27. The highest BCUT2D eigenvalue weighted by molar-refractivity contribution is 5.79. The quantitative estimate of drug-likeness (QED) is 0.500. The van der Waals surface area contributed by atoms with Gasteiger partial charge in [0.15, 0.2) is 5.52 Å². The number of hydrogen-bond acceptors (Lipinski definition) is 7. The first-order valence-corrected chi connectivity index (χ1v) is 9.84. The molecule has 0 atom stereocenters. The van der Waals surface area contributed by atoms with Gasteiger partial charge >= 0.3 is 0 Å². The van der Waals surface area contributed by atoms with E-state index in [1.165, 1.54) is 0 Å². The van der Waals surface area contributed by atoms with Gasteiger partial charge in [-0.05, 0) is 24.5 Å². The van der Waals surface area contributed by atoms with E-state index in [1.54, 1.807) is 24.1 Å². The molecular formula is C20H27N5O4. The molecule has 0 spiro atoms. The zero-order valence-corrected chi connectivity index (χ0v) is 17.1. The fraction of sp³-hybridized carbons (Fsp3) is 0.500. The van der Waals surface area contributed by atoms with Gasteiger partial charge in [-0.2, -0.15) is 5.10 Å². The number of hydrogen-bond donors (Lipinski definition) is 2. The molecule has 0 aliphatic heterocycles. The molecule has 0 unspecified atom stereocenters. The summed E-state index contributed by atoms with van der Waals surface area (Å²) in [6, 6.07) is 1.74. The Morgan fingerprint density at radius 1 is 1.24 bits per heavy atom. The van der Waals surface area contributed by atoms with Crippen molar-refractivity contribution in [2.24, 2.45) is 0 Å². The summed E-state index contributed by atoms with van der Waals surface area (Å²) in [5.74, 6) is 0.723. The molecule has 29 heavy (non-hydrogen) atoms. The minimum Gasteiger partial charge on any atom is -0.477 e. The van der Waals surface area contributed by atoms with Crippen LogP contribution in [0.25, 0.3) is 22.4 Å². The van der Waals surface area contributed by atoms with Crippen LogP contribution in [-0.2, 0) is 24.3 Å². The van der Waals surface area contributed by atoms with Crippen molar-refractivity contribution >= 4 is 11.0 Å². The van der Waals surface area contributed by atoms with Gasteiger partial charge in [-0.15, -0.1) is 0 Å². The predicted molar refractivity (Wildman–Crippen MR) is 109 cm³/mol. The van der Waals surface area contributed by atoms with Crippen molar-refractivity contribution in [2.45, 2.75) is 46.3 Å². The van der Waals surface area contributed by atoms with Crippen molar-refractivity contribution in [3.8, 4) is 17.3 Å². The number of aryl methyl sites for hydroxylation is 1. The molecule has 0 radical (unpaired) electrons. The molecule has 3 aromatic rings. The Morgan fingerprint density at radius 3 is 2.76 bits per heavy atom. The topological polar surface area (TPSA) is 115 Å². The van der Waals surface area contributed by atoms with E-state index in [9.17, 15) is 9.90 Å². The van der Waals surface area contributed by atoms with Crippen molar-refractivity contribution in [3.05, 3.63) is 33.9 Å². The van der Waals surface area contributed by atoms with Crippen LogP contribution in [0.1, 0.15) is 37.9 Å². The van der Waals surface area contributed by atoms with Crippen LogP contribution < -0.4 is 10.3 Å². The molecule has 9 heteroatoms. The minimum atomic E-state index is -0.329. The number of aromatic nitrogens is 5. The summed E-state index contributed by atoms with van der Waals surface area (Å²) in [6.45, 7) is 5.44. The number of unbranched alkanes of at least 4 members (excludes halogenated alkanes) is 1. The van der Waals surface area contributed by atoms with Gasteiger partial charge in [0.2, 0.25) is 5.88 Å². The average molecular weight is 401 g/mol. The lowest BCUT2D eigenvalue weighted by atomic mass is 10.2. The maximum absolute atomic E-state index is 12.7. The van der Waals surface area contributed by atoms with E-state index < -0.39 is 0 Å². The third-order valence-electron chi connectivity index (χ3n) is 4.62. The first-order valence-electron chi connectivity index (χ1n) is 9.84. The predicted octanol–water partition coefficient (Wildman–Crippen LogP) is 2.06. The van der Waals surface area contributed by atoms with Gasteiger partial charge < -0.3 is 19.6 Å². The number of ether oxygens (including phenoxy) is 2. The highest BCUT2D eigenvalue weighted by atomic mass is 16.5. The van der Waals surface area contributed by atoms with Crippen LogP contribution in [0.3, 0.4) is 0 Å². The standard InChI is InChI=1S/C20H27N5O4/c1-4-6-8-29-20-14(10-13(12-26)11-21-20)18-22-16-15(5-2)25(7-9-28-3)24-17(16)19(27)23-18/h10-11,26H,4-9,12H2,1-3H3,(H,22,23,27). The monoisotopic (exact) mass is 401 g/mol. The molecule has 0 saturated heterocycles. The first-order chi connectivity index (χ1) is 14.1. The van der Waals surface area contributed by atoms with Crippen molar-refractivity contribution in [2.75, 3.05) is 20.3 Å². The summed E-state index contributed by atoms with van der Waals surface area (Å²) in [7, 11) is 1.62. The number of pyridine rings is 1. The number of nitrogens with one attached hydrogen (secondary N) is 1. The second kappa shape index (κ2) is 9.62. The van der Waals surface area contributed by atoms with Gasteiger partial charge in [-0.25, -0.2) is 9.97 Å². The summed E-state index contributed by atoms with van der Waals surface area (Å²) in [6.07, 6.45) is 4.11. The zero-order chi connectivity index (χ0) is 20.8. The molecule has 2 N–H and O–H groups in total. The Hall–Kier alpha value is -2.78. The maximum Gasteiger partial charge on any atom is 0.279 e. The lowest BCUT2D eigenvalue weighted by molar-refractivity contribution is 0.183. The van der Waals surface area contributed by atoms with Crippen molar-refractivity contribution in [3.63, 3.8) is 0 Å². The van der Waals surface area contributed by atoms with Crippen molar-refractivity contribution in [1.82, 2.24) is 24.7 Å². The first kappa shape index (κ1) is 20.9. The van der Waals surface area contributed by atoms with Crippen molar-refractivity contribution < 1.29 is 14.6 Å².